The van der Waals surface area contributed by atoms with Gasteiger partial charge in [-0.15, -0.1) is 0 Å². The fourth-order valence-electron chi connectivity index (χ4n) is 1.37. The number of rotatable bonds is 4. The highest BCUT2D eigenvalue weighted by Gasteiger charge is 2.07. The number of carboxylic acids is 1. The Morgan fingerprint density at radius 2 is 2.28 bits per heavy atom. The molecule has 0 aromatic carbocycles. The number of carbonyl (C=O) groups is 1. The van der Waals surface area contributed by atoms with Crippen molar-refractivity contribution in [1.29, 1.82) is 0 Å². The van der Waals surface area contributed by atoms with E-state index in [-0.39, 0.29) is 5.88 Å². The molecule has 2 heterocycles. The summed E-state index contributed by atoms with van der Waals surface area (Å²) < 4.78 is 5.04. The van der Waals surface area contributed by atoms with E-state index in [0.717, 1.165) is 5.56 Å². The topological polar surface area (TPSA) is 85.2 Å². The van der Waals surface area contributed by atoms with Gasteiger partial charge in [0.25, 0.3) is 0 Å². The third kappa shape index (κ3) is 3.00. The highest BCUT2D eigenvalue weighted by atomic mass is 16.5. The maximum atomic E-state index is 10.4. The number of aliphatic carboxylic acids is 1. The van der Waals surface area contributed by atoms with Crippen molar-refractivity contribution in [3.8, 4) is 17.3 Å². The molecule has 92 valence electrons. The molecule has 0 amide bonds. The monoisotopic (exact) mass is 245 g/mol. The van der Waals surface area contributed by atoms with Gasteiger partial charge in [-0.1, -0.05) is 0 Å². The SMILES string of the molecule is Cc1cc(OCC(=O)O)nc(-c2cccnc2)n1. The van der Waals surface area contributed by atoms with Crippen LogP contribution in [0.4, 0.5) is 0 Å². The van der Waals surface area contributed by atoms with Gasteiger partial charge in [0.1, 0.15) is 0 Å². The van der Waals surface area contributed by atoms with Gasteiger partial charge in [-0.25, -0.2) is 9.78 Å². The summed E-state index contributed by atoms with van der Waals surface area (Å²) in [6.45, 7) is 1.36. The largest absolute Gasteiger partial charge is 0.479 e. The summed E-state index contributed by atoms with van der Waals surface area (Å²) in [6, 6.07) is 5.18. The minimum atomic E-state index is -1.05. The number of aryl methyl sites for hydroxylation is 1. The van der Waals surface area contributed by atoms with E-state index >= 15 is 0 Å². The van der Waals surface area contributed by atoms with E-state index in [4.69, 9.17) is 9.84 Å². The first-order valence-corrected chi connectivity index (χ1v) is 5.26. The highest BCUT2D eigenvalue weighted by molar-refractivity contribution is 5.68. The second-order valence-corrected chi connectivity index (χ2v) is 3.60. The third-order valence-electron chi connectivity index (χ3n) is 2.09. The first-order valence-electron chi connectivity index (χ1n) is 5.26. The maximum Gasteiger partial charge on any atom is 0.341 e. The summed E-state index contributed by atoms with van der Waals surface area (Å²) in [4.78, 5) is 22.8. The number of nitrogens with zero attached hydrogens (tertiary/aromatic N) is 3. The molecule has 0 aliphatic carbocycles. The maximum absolute atomic E-state index is 10.4. The number of pyridine rings is 1. The summed E-state index contributed by atoms with van der Waals surface area (Å²) in [5, 5.41) is 8.55. The lowest BCUT2D eigenvalue weighted by atomic mass is 10.2. The van der Waals surface area contributed by atoms with Gasteiger partial charge in [0.05, 0.1) is 0 Å². The molecule has 0 aliphatic rings. The predicted octanol–water partition coefficient (Wildman–Crippen LogP) is 1.31. The van der Waals surface area contributed by atoms with Crippen molar-refractivity contribution >= 4 is 5.97 Å². The fourth-order valence-corrected chi connectivity index (χ4v) is 1.37. The lowest BCUT2D eigenvalue weighted by Crippen LogP contribution is -2.11. The lowest BCUT2D eigenvalue weighted by molar-refractivity contribution is -0.139. The first kappa shape index (κ1) is 12.0. The van der Waals surface area contributed by atoms with Crippen molar-refractivity contribution in [3.05, 3.63) is 36.3 Å². The van der Waals surface area contributed by atoms with Crippen LogP contribution in [0.15, 0.2) is 30.6 Å². The Morgan fingerprint density at radius 3 is 2.94 bits per heavy atom. The van der Waals surface area contributed by atoms with E-state index in [1.807, 2.05) is 6.07 Å². The molecule has 6 nitrogen and oxygen atoms in total. The van der Waals surface area contributed by atoms with Crippen molar-refractivity contribution in [1.82, 2.24) is 15.0 Å². The molecule has 2 aromatic heterocycles. The summed E-state index contributed by atoms with van der Waals surface area (Å²) in [7, 11) is 0. The quantitative estimate of drug-likeness (QED) is 0.874. The van der Waals surface area contributed by atoms with E-state index in [1.54, 1.807) is 31.5 Å². The summed E-state index contributed by atoms with van der Waals surface area (Å²) in [5.74, 6) is -0.346. The van der Waals surface area contributed by atoms with Crippen LogP contribution in [0, 0.1) is 6.92 Å². The summed E-state index contributed by atoms with van der Waals surface area (Å²) in [6.07, 6.45) is 3.29. The van der Waals surface area contributed by atoms with E-state index in [1.165, 1.54) is 0 Å². The number of carboxylic acid groups (broad SMARTS) is 1. The molecule has 1 N–H and O–H groups in total. The third-order valence-corrected chi connectivity index (χ3v) is 2.09. The standard InChI is InChI=1S/C12H11N3O3/c1-8-5-10(18-7-11(16)17)15-12(14-8)9-3-2-4-13-6-9/h2-6H,7H2,1H3,(H,16,17). The van der Waals surface area contributed by atoms with E-state index < -0.39 is 12.6 Å². The highest BCUT2D eigenvalue weighted by Crippen LogP contribution is 2.17. The van der Waals surface area contributed by atoms with Gasteiger partial charge in [0.15, 0.2) is 12.4 Å². The molecule has 6 heteroatoms. The Balaban J connectivity index is 2.29. The van der Waals surface area contributed by atoms with Crippen LogP contribution in [0.25, 0.3) is 11.4 Å². The van der Waals surface area contributed by atoms with E-state index in [9.17, 15) is 4.79 Å². The molecule has 0 spiro atoms. The molecule has 0 saturated carbocycles. The van der Waals surface area contributed by atoms with Crippen LogP contribution in [0.2, 0.25) is 0 Å². The first-order chi connectivity index (χ1) is 8.65. The zero-order valence-corrected chi connectivity index (χ0v) is 9.70. The second kappa shape index (κ2) is 5.22. The number of hydrogen-bond acceptors (Lipinski definition) is 5. The Kier molecular flexibility index (Phi) is 3.47. The lowest BCUT2D eigenvalue weighted by Gasteiger charge is -2.06. The molecule has 2 rings (SSSR count). The van der Waals surface area contributed by atoms with Crippen molar-refractivity contribution < 1.29 is 14.6 Å². The zero-order chi connectivity index (χ0) is 13.0. The average molecular weight is 245 g/mol. The van der Waals surface area contributed by atoms with Crippen molar-refractivity contribution in [2.75, 3.05) is 6.61 Å². The predicted molar refractivity (Wildman–Crippen MR) is 63.1 cm³/mol. The molecule has 0 saturated heterocycles. The van der Waals surface area contributed by atoms with Gasteiger partial charge in [-0.05, 0) is 19.1 Å². The van der Waals surface area contributed by atoms with Crippen molar-refractivity contribution in [3.63, 3.8) is 0 Å². The normalized spacial score (nSPS) is 10.1. The van der Waals surface area contributed by atoms with Crippen LogP contribution in [0.3, 0.4) is 0 Å². The number of hydrogen-bond donors (Lipinski definition) is 1. The molecule has 2 aromatic rings. The van der Waals surface area contributed by atoms with Crippen LogP contribution in [0.1, 0.15) is 5.69 Å². The van der Waals surface area contributed by atoms with Gasteiger partial charge in [0, 0.05) is 29.7 Å². The molecule has 0 aliphatic heterocycles. The average Bonchev–Trinajstić information content (AvgIpc) is 2.37. The summed E-state index contributed by atoms with van der Waals surface area (Å²) in [5.41, 5.74) is 1.45. The van der Waals surface area contributed by atoms with Gasteiger partial charge in [-0.2, -0.15) is 4.98 Å². The van der Waals surface area contributed by atoms with Crippen LogP contribution in [0.5, 0.6) is 5.88 Å². The van der Waals surface area contributed by atoms with Crippen molar-refractivity contribution in [2.45, 2.75) is 6.92 Å². The molecule has 0 bridgehead atoms. The Hall–Kier alpha value is -2.50. The Morgan fingerprint density at radius 1 is 1.44 bits per heavy atom. The molecule has 0 unspecified atom stereocenters. The summed E-state index contributed by atoms with van der Waals surface area (Å²) >= 11 is 0. The minimum Gasteiger partial charge on any atom is -0.479 e. The van der Waals surface area contributed by atoms with Crippen LogP contribution in [-0.4, -0.2) is 32.6 Å². The zero-order valence-electron chi connectivity index (χ0n) is 9.70. The van der Waals surface area contributed by atoms with E-state index in [0.29, 0.717) is 11.5 Å². The van der Waals surface area contributed by atoms with Gasteiger partial charge < -0.3 is 9.84 Å². The Bertz CT molecular complexity index is 558. The smallest absolute Gasteiger partial charge is 0.341 e. The van der Waals surface area contributed by atoms with Crippen LogP contribution < -0.4 is 4.74 Å². The molecule has 18 heavy (non-hydrogen) atoms. The molecule has 0 radical (unpaired) electrons. The van der Waals surface area contributed by atoms with Crippen LogP contribution >= 0.6 is 0 Å². The second-order valence-electron chi connectivity index (χ2n) is 3.60. The fraction of sp³-hybridized carbons (Fsp3) is 0.167. The van der Waals surface area contributed by atoms with Crippen LogP contribution in [-0.2, 0) is 4.79 Å². The van der Waals surface area contributed by atoms with Crippen molar-refractivity contribution in [2.24, 2.45) is 0 Å². The molecular weight excluding hydrogens is 234 g/mol. The number of aromatic nitrogens is 3. The molecule has 0 atom stereocenters. The van der Waals surface area contributed by atoms with E-state index in [2.05, 4.69) is 15.0 Å². The van der Waals surface area contributed by atoms with Gasteiger partial charge in [-0.3, -0.25) is 4.98 Å². The van der Waals surface area contributed by atoms with Gasteiger partial charge >= 0.3 is 5.97 Å². The molecular formula is C12H11N3O3. The minimum absolute atomic E-state index is 0.240. The number of ether oxygens (including phenoxy) is 1. The molecule has 0 fully saturated rings. The Labute approximate surface area is 103 Å². The van der Waals surface area contributed by atoms with Gasteiger partial charge in [0.2, 0.25) is 5.88 Å².